The van der Waals surface area contributed by atoms with Crippen LogP contribution in [0, 0.1) is 0 Å². The number of carbonyl (C=O) groups is 2. The van der Waals surface area contributed by atoms with Crippen LogP contribution in [-0.4, -0.2) is 48.9 Å². The van der Waals surface area contributed by atoms with E-state index in [0.717, 1.165) is 44.1 Å². The van der Waals surface area contributed by atoms with E-state index in [2.05, 4.69) is 34.9 Å². The second-order valence-electron chi connectivity index (χ2n) is 7.37. The maximum atomic E-state index is 12.8. The average Bonchev–Trinajstić information content (AvgIpc) is 2.68. The summed E-state index contributed by atoms with van der Waals surface area (Å²) in [7, 11) is 0. The lowest BCUT2D eigenvalue weighted by atomic mass is 10.2. The number of nitrogens with one attached hydrogen (secondary N) is 3. The van der Waals surface area contributed by atoms with Gasteiger partial charge in [0.05, 0.1) is 26.2 Å². The number of carbonyl (C=O) groups excluding carboxylic acids is 2. The lowest BCUT2D eigenvalue weighted by Gasteiger charge is -2.34. The lowest BCUT2D eigenvalue weighted by molar-refractivity contribution is -0.917. The van der Waals surface area contributed by atoms with Gasteiger partial charge in [0, 0.05) is 23.9 Å². The zero-order valence-corrected chi connectivity index (χ0v) is 16.6. The van der Waals surface area contributed by atoms with E-state index in [4.69, 9.17) is 0 Å². The van der Waals surface area contributed by atoms with Crippen molar-refractivity contribution in [3.8, 4) is 0 Å². The molecule has 0 aromatic heterocycles. The number of anilines is 2. The van der Waals surface area contributed by atoms with Crippen LogP contribution in [0.3, 0.4) is 0 Å². The number of amides is 2. The highest BCUT2D eigenvalue weighted by Gasteiger charge is 2.26. The lowest BCUT2D eigenvalue weighted by Crippen LogP contribution is -3.13. The van der Waals surface area contributed by atoms with Gasteiger partial charge in [-0.05, 0) is 25.1 Å². The topological polar surface area (TPSA) is 65.9 Å². The van der Waals surface area contributed by atoms with Crippen molar-refractivity contribution < 1.29 is 14.5 Å². The summed E-state index contributed by atoms with van der Waals surface area (Å²) in [5.74, 6) is 0.000778. The Kier molecular flexibility index (Phi) is 6.66. The third-order valence-electron chi connectivity index (χ3n) is 5.02. The van der Waals surface area contributed by atoms with Crippen molar-refractivity contribution >= 4 is 23.2 Å². The molecule has 2 amide bonds. The molecule has 0 radical (unpaired) electrons. The SMILES string of the molecule is CC(=O)Nc1cccc(N[C@@H](C)C(=O)N2CC[NH+](Cc3ccccc3)CC2)c1. The van der Waals surface area contributed by atoms with E-state index < -0.39 is 0 Å². The van der Waals surface area contributed by atoms with Crippen LogP contribution in [-0.2, 0) is 16.1 Å². The van der Waals surface area contributed by atoms with Gasteiger partial charge < -0.3 is 20.4 Å². The first-order valence-corrected chi connectivity index (χ1v) is 9.82. The maximum Gasteiger partial charge on any atom is 0.245 e. The minimum Gasteiger partial charge on any atom is -0.374 e. The monoisotopic (exact) mass is 381 g/mol. The summed E-state index contributed by atoms with van der Waals surface area (Å²) in [6.45, 7) is 7.85. The molecule has 2 aromatic carbocycles. The molecule has 1 saturated heterocycles. The van der Waals surface area contributed by atoms with E-state index in [0.29, 0.717) is 0 Å². The minimum atomic E-state index is -0.316. The van der Waals surface area contributed by atoms with E-state index in [1.807, 2.05) is 42.2 Å². The first-order valence-electron chi connectivity index (χ1n) is 9.82. The number of rotatable bonds is 6. The Morgan fingerprint density at radius 3 is 2.39 bits per heavy atom. The molecule has 3 rings (SSSR count). The van der Waals surface area contributed by atoms with Crippen LogP contribution in [0.15, 0.2) is 54.6 Å². The van der Waals surface area contributed by atoms with Crippen molar-refractivity contribution in [1.82, 2.24) is 4.90 Å². The summed E-state index contributed by atoms with van der Waals surface area (Å²) in [5, 5.41) is 6.01. The number of nitrogens with zero attached hydrogens (tertiary/aromatic N) is 1. The van der Waals surface area contributed by atoms with Crippen molar-refractivity contribution in [1.29, 1.82) is 0 Å². The molecule has 0 unspecified atom stereocenters. The largest absolute Gasteiger partial charge is 0.374 e. The van der Waals surface area contributed by atoms with Crippen molar-refractivity contribution in [3.63, 3.8) is 0 Å². The summed E-state index contributed by atoms with van der Waals surface area (Å²) in [6, 6.07) is 17.6. The molecule has 6 heteroatoms. The van der Waals surface area contributed by atoms with E-state index in [1.165, 1.54) is 17.4 Å². The summed E-state index contributed by atoms with van der Waals surface area (Å²) in [5.41, 5.74) is 2.88. The summed E-state index contributed by atoms with van der Waals surface area (Å²) in [4.78, 5) is 27.5. The number of hydrogen-bond acceptors (Lipinski definition) is 3. The standard InChI is InChI=1S/C22H28N4O2/c1-17(23-20-9-6-10-21(15-20)24-18(2)27)22(28)26-13-11-25(12-14-26)16-19-7-4-3-5-8-19/h3-10,15,17,23H,11-14,16H2,1-2H3,(H,24,27)/p+1/t17-/m0/s1. The molecule has 2 aromatic rings. The first-order chi connectivity index (χ1) is 13.5. The Hall–Kier alpha value is -2.86. The van der Waals surface area contributed by atoms with Crippen molar-refractivity contribution in [2.24, 2.45) is 0 Å². The van der Waals surface area contributed by atoms with Gasteiger partial charge in [0.2, 0.25) is 11.8 Å². The van der Waals surface area contributed by atoms with Gasteiger partial charge in [0.1, 0.15) is 12.6 Å². The van der Waals surface area contributed by atoms with Crippen molar-refractivity contribution in [3.05, 3.63) is 60.2 Å². The summed E-state index contributed by atoms with van der Waals surface area (Å²) < 4.78 is 0. The molecule has 0 aliphatic carbocycles. The van der Waals surface area contributed by atoms with Gasteiger partial charge in [-0.1, -0.05) is 36.4 Å². The smallest absolute Gasteiger partial charge is 0.245 e. The Morgan fingerprint density at radius 1 is 1.04 bits per heavy atom. The van der Waals surface area contributed by atoms with Gasteiger partial charge in [0.25, 0.3) is 0 Å². The zero-order chi connectivity index (χ0) is 19.9. The van der Waals surface area contributed by atoms with E-state index in [-0.39, 0.29) is 17.9 Å². The third kappa shape index (κ3) is 5.57. The van der Waals surface area contributed by atoms with Crippen LogP contribution < -0.4 is 15.5 Å². The molecule has 1 heterocycles. The molecule has 148 valence electrons. The molecule has 0 spiro atoms. The van der Waals surface area contributed by atoms with Crippen LogP contribution in [0.25, 0.3) is 0 Å². The van der Waals surface area contributed by atoms with Gasteiger partial charge in [-0.15, -0.1) is 0 Å². The van der Waals surface area contributed by atoms with Crippen LogP contribution in [0.1, 0.15) is 19.4 Å². The van der Waals surface area contributed by atoms with Crippen LogP contribution in [0.4, 0.5) is 11.4 Å². The van der Waals surface area contributed by atoms with Gasteiger partial charge in [-0.25, -0.2) is 0 Å². The molecular formula is C22H29N4O2+. The van der Waals surface area contributed by atoms with Crippen LogP contribution in [0.5, 0.6) is 0 Å². The van der Waals surface area contributed by atoms with Gasteiger partial charge in [0.15, 0.2) is 0 Å². The molecule has 3 N–H and O–H groups in total. The molecule has 1 aliphatic heterocycles. The fourth-order valence-corrected chi connectivity index (χ4v) is 3.58. The van der Waals surface area contributed by atoms with E-state index >= 15 is 0 Å². The minimum absolute atomic E-state index is 0.114. The molecule has 1 fully saturated rings. The zero-order valence-electron chi connectivity index (χ0n) is 16.6. The third-order valence-corrected chi connectivity index (χ3v) is 5.02. The van der Waals surface area contributed by atoms with Crippen LogP contribution in [0.2, 0.25) is 0 Å². The molecule has 0 saturated carbocycles. The molecule has 6 nitrogen and oxygen atoms in total. The Bertz CT molecular complexity index is 801. The summed E-state index contributed by atoms with van der Waals surface area (Å²) in [6.07, 6.45) is 0. The number of quaternary nitrogens is 1. The second-order valence-corrected chi connectivity index (χ2v) is 7.37. The fourth-order valence-electron chi connectivity index (χ4n) is 3.58. The fraction of sp³-hybridized carbons (Fsp3) is 0.364. The quantitative estimate of drug-likeness (QED) is 0.708. The highest BCUT2D eigenvalue weighted by molar-refractivity contribution is 5.89. The number of hydrogen-bond donors (Lipinski definition) is 3. The molecular weight excluding hydrogens is 352 g/mol. The van der Waals surface area contributed by atoms with Crippen molar-refractivity contribution in [2.45, 2.75) is 26.4 Å². The van der Waals surface area contributed by atoms with Gasteiger partial charge >= 0.3 is 0 Å². The van der Waals surface area contributed by atoms with Crippen molar-refractivity contribution in [2.75, 3.05) is 36.8 Å². The van der Waals surface area contributed by atoms with Gasteiger partial charge in [-0.3, -0.25) is 9.59 Å². The highest BCUT2D eigenvalue weighted by atomic mass is 16.2. The predicted molar refractivity (Wildman–Crippen MR) is 111 cm³/mol. The second kappa shape index (κ2) is 9.37. The molecule has 28 heavy (non-hydrogen) atoms. The Balaban J connectivity index is 1.50. The van der Waals surface area contributed by atoms with Gasteiger partial charge in [-0.2, -0.15) is 0 Å². The maximum absolute atomic E-state index is 12.8. The van der Waals surface area contributed by atoms with Crippen LogP contribution >= 0.6 is 0 Å². The number of benzene rings is 2. The highest BCUT2D eigenvalue weighted by Crippen LogP contribution is 2.16. The first kappa shape index (κ1) is 19.9. The molecule has 0 bridgehead atoms. The predicted octanol–water partition coefficient (Wildman–Crippen LogP) is 1.37. The van der Waals surface area contributed by atoms with E-state index in [1.54, 1.807) is 0 Å². The normalized spacial score (nSPS) is 15.7. The number of piperazine rings is 1. The van der Waals surface area contributed by atoms with E-state index in [9.17, 15) is 9.59 Å². The Morgan fingerprint density at radius 2 is 1.71 bits per heavy atom. The summed E-state index contributed by atoms with van der Waals surface area (Å²) >= 11 is 0. The average molecular weight is 382 g/mol. The molecule has 1 aliphatic rings. The Labute approximate surface area is 166 Å². The molecule has 1 atom stereocenters.